The second kappa shape index (κ2) is 6.87. The first-order valence-electron chi connectivity index (χ1n) is 6.52. The molecule has 1 heterocycles. The van der Waals surface area contributed by atoms with Crippen LogP contribution in [0.25, 0.3) is 6.08 Å². The van der Waals surface area contributed by atoms with Gasteiger partial charge in [0.25, 0.3) is 0 Å². The van der Waals surface area contributed by atoms with Crippen LogP contribution in [0.4, 0.5) is 0 Å². The molecule has 0 spiro atoms. The number of rotatable bonds is 4. The molecule has 0 radical (unpaired) electrons. The molecule has 1 aliphatic rings. The van der Waals surface area contributed by atoms with Crippen molar-refractivity contribution in [2.24, 2.45) is 5.92 Å². The van der Waals surface area contributed by atoms with Crippen molar-refractivity contribution in [1.82, 2.24) is 4.90 Å². The molecule has 0 aliphatic carbocycles. The summed E-state index contributed by atoms with van der Waals surface area (Å²) in [5.41, 5.74) is 1.01. The number of hydrogen-bond donors (Lipinski definition) is 1. The van der Waals surface area contributed by atoms with Crippen LogP contribution in [0.15, 0.2) is 34.8 Å². The third kappa shape index (κ3) is 4.18. The molecular formula is C15H18BrNO2. The highest BCUT2D eigenvalue weighted by atomic mass is 79.9. The molecule has 1 N–H and O–H groups in total. The first kappa shape index (κ1) is 14.3. The van der Waals surface area contributed by atoms with Gasteiger partial charge in [-0.3, -0.25) is 4.79 Å². The van der Waals surface area contributed by atoms with Crippen molar-refractivity contribution < 1.29 is 9.90 Å². The molecule has 1 atom stereocenters. The van der Waals surface area contributed by atoms with Crippen molar-refractivity contribution >= 4 is 27.9 Å². The van der Waals surface area contributed by atoms with Gasteiger partial charge in [-0.05, 0) is 42.5 Å². The van der Waals surface area contributed by atoms with Gasteiger partial charge in [0, 0.05) is 30.2 Å². The number of aliphatic hydroxyl groups excluding tert-OH is 1. The second-order valence-corrected chi connectivity index (χ2v) is 5.76. The largest absolute Gasteiger partial charge is 0.396 e. The van der Waals surface area contributed by atoms with E-state index in [-0.39, 0.29) is 12.5 Å². The van der Waals surface area contributed by atoms with Crippen LogP contribution in [0.2, 0.25) is 0 Å². The molecule has 1 saturated heterocycles. The van der Waals surface area contributed by atoms with E-state index in [0.717, 1.165) is 36.0 Å². The van der Waals surface area contributed by atoms with Crippen LogP contribution in [0, 0.1) is 5.92 Å². The van der Waals surface area contributed by atoms with E-state index in [1.807, 2.05) is 35.2 Å². The lowest BCUT2D eigenvalue weighted by molar-refractivity contribution is -0.125. The van der Waals surface area contributed by atoms with Crippen LogP contribution in [0.3, 0.4) is 0 Å². The van der Waals surface area contributed by atoms with E-state index in [0.29, 0.717) is 5.92 Å². The Hall–Kier alpha value is -1.13. The summed E-state index contributed by atoms with van der Waals surface area (Å²) < 4.78 is 1.01. The highest BCUT2D eigenvalue weighted by Crippen LogP contribution is 2.19. The van der Waals surface area contributed by atoms with Gasteiger partial charge < -0.3 is 10.0 Å². The fourth-order valence-electron chi connectivity index (χ4n) is 2.33. The number of carbonyl (C=O) groups is 1. The first-order valence-corrected chi connectivity index (χ1v) is 7.32. The zero-order chi connectivity index (χ0) is 13.7. The maximum absolute atomic E-state index is 12.0. The van der Waals surface area contributed by atoms with Crippen molar-refractivity contribution in [2.45, 2.75) is 12.8 Å². The number of nitrogens with zero attached hydrogens (tertiary/aromatic N) is 1. The fraction of sp³-hybridized carbons (Fsp3) is 0.400. The molecule has 102 valence electrons. The minimum atomic E-state index is 0.0559. The van der Waals surface area contributed by atoms with E-state index < -0.39 is 0 Å². The zero-order valence-corrected chi connectivity index (χ0v) is 12.3. The third-order valence-corrected chi connectivity index (χ3v) is 3.90. The minimum absolute atomic E-state index is 0.0559. The summed E-state index contributed by atoms with van der Waals surface area (Å²) >= 11 is 3.41. The lowest BCUT2D eigenvalue weighted by Gasteiger charge is -2.13. The molecule has 1 amide bonds. The van der Waals surface area contributed by atoms with Gasteiger partial charge in [-0.1, -0.05) is 28.1 Å². The molecule has 2 rings (SSSR count). The Labute approximate surface area is 122 Å². The summed E-state index contributed by atoms with van der Waals surface area (Å²) in [5, 5.41) is 8.91. The van der Waals surface area contributed by atoms with E-state index in [1.54, 1.807) is 6.08 Å². The molecule has 1 unspecified atom stereocenters. The summed E-state index contributed by atoms with van der Waals surface area (Å²) in [6.07, 6.45) is 5.26. The Bertz CT molecular complexity index is 473. The summed E-state index contributed by atoms with van der Waals surface area (Å²) in [4.78, 5) is 13.9. The van der Waals surface area contributed by atoms with Crippen molar-refractivity contribution in [3.05, 3.63) is 40.4 Å². The molecule has 1 aliphatic heterocycles. The quantitative estimate of drug-likeness (QED) is 0.865. The Morgan fingerprint density at radius 2 is 2.37 bits per heavy atom. The van der Waals surface area contributed by atoms with Gasteiger partial charge in [0.1, 0.15) is 0 Å². The van der Waals surface area contributed by atoms with E-state index in [4.69, 9.17) is 5.11 Å². The van der Waals surface area contributed by atoms with Crippen LogP contribution < -0.4 is 0 Å². The molecule has 4 heteroatoms. The smallest absolute Gasteiger partial charge is 0.246 e. The zero-order valence-electron chi connectivity index (χ0n) is 10.8. The van der Waals surface area contributed by atoms with Crippen LogP contribution in [-0.2, 0) is 4.79 Å². The van der Waals surface area contributed by atoms with E-state index in [1.165, 1.54) is 0 Å². The number of hydrogen-bond acceptors (Lipinski definition) is 2. The number of amides is 1. The van der Waals surface area contributed by atoms with Gasteiger partial charge in [-0.2, -0.15) is 0 Å². The summed E-state index contributed by atoms with van der Waals surface area (Å²) in [5.74, 6) is 0.508. The number of aliphatic hydroxyl groups is 1. The lowest BCUT2D eigenvalue weighted by Crippen LogP contribution is -2.26. The Morgan fingerprint density at radius 1 is 1.53 bits per heavy atom. The SMILES string of the molecule is O=C(/C=C/c1cccc(Br)c1)N1CCC(CCO)C1. The molecule has 0 aromatic heterocycles. The molecule has 1 fully saturated rings. The summed E-state index contributed by atoms with van der Waals surface area (Å²) in [6.45, 7) is 1.77. The topological polar surface area (TPSA) is 40.5 Å². The second-order valence-electron chi connectivity index (χ2n) is 4.84. The summed E-state index contributed by atoms with van der Waals surface area (Å²) in [7, 11) is 0. The molecular weight excluding hydrogens is 306 g/mol. The Morgan fingerprint density at radius 3 is 3.11 bits per heavy atom. The van der Waals surface area contributed by atoms with E-state index >= 15 is 0 Å². The Balaban J connectivity index is 1.91. The van der Waals surface area contributed by atoms with Crippen LogP contribution >= 0.6 is 15.9 Å². The average Bonchev–Trinajstić information content (AvgIpc) is 2.85. The van der Waals surface area contributed by atoms with E-state index in [9.17, 15) is 4.79 Å². The van der Waals surface area contributed by atoms with Crippen LogP contribution in [0.5, 0.6) is 0 Å². The molecule has 0 bridgehead atoms. The molecule has 1 aromatic carbocycles. The molecule has 1 aromatic rings. The number of halogens is 1. The van der Waals surface area contributed by atoms with Gasteiger partial charge in [0.15, 0.2) is 0 Å². The number of benzene rings is 1. The van der Waals surface area contributed by atoms with Gasteiger partial charge in [-0.15, -0.1) is 0 Å². The highest BCUT2D eigenvalue weighted by Gasteiger charge is 2.24. The standard InChI is InChI=1S/C15H18BrNO2/c16-14-3-1-2-12(10-14)4-5-15(19)17-8-6-13(11-17)7-9-18/h1-5,10,13,18H,6-9,11H2/b5-4+. The van der Waals surface area contributed by atoms with Crippen LogP contribution in [-0.4, -0.2) is 35.6 Å². The monoisotopic (exact) mass is 323 g/mol. The average molecular weight is 324 g/mol. The highest BCUT2D eigenvalue weighted by molar-refractivity contribution is 9.10. The first-order chi connectivity index (χ1) is 9.19. The van der Waals surface area contributed by atoms with Gasteiger partial charge in [0.2, 0.25) is 5.91 Å². The van der Waals surface area contributed by atoms with Crippen molar-refractivity contribution in [2.75, 3.05) is 19.7 Å². The molecule has 3 nitrogen and oxygen atoms in total. The number of carbonyl (C=O) groups excluding carboxylic acids is 1. The summed E-state index contributed by atoms with van der Waals surface area (Å²) in [6, 6.07) is 7.84. The van der Waals surface area contributed by atoms with Gasteiger partial charge in [-0.25, -0.2) is 0 Å². The lowest BCUT2D eigenvalue weighted by atomic mass is 10.1. The van der Waals surface area contributed by atoms with Gasteiger partial charge >= 0.3 is 0 Å². The van der Waals surface area contributed by atoms with Gasteiger partial charge in [0.05, 0.1) is 0 Å². The predicted octanol–water partition coefficient (Wildman–Crippen LogP) is 2.69. The third-order valence-electron chi connectivity index (χ3n) is 3.40. The van der Waals surface area contributed by atoms with Crippen molar-refractivity contribution in [1.29, 1.82) is 0 Å². The maximum atomic E-state index is 12.0. The fourth-order valence-corrected chi connectivity index (χ4v) is 2.75. The normalized spacial score (nSPS) is 19.3. The Kier molecular flexibility index (Phi) is 5.16. The van der Waals surface area contributed by atoms with Crippen molar-refractivity contribution in [3.8, 4) is 0 Å². The maximum Gasteiger partial charge on any atom is 0.246 e. The van der Waals surface area contributed by atoms with E-state index in [2.05, 4.69) is 15.9 Å². The number of likely N-dealkylation sites (tertiary alicyclic amines) is 1. The minimum Gasteiger partial charge on any atom is -0.396 e. The predicted molar refractivity (Wildman–Crippen MR) is 79.6 cm³/mol. The molecule has 0 saturated carbocycles. The molecule has 19 heavy (non-hydrogen) atoms. The van der Waals surface area contributed by atoms with Crippen LogP contribution in [0.1, 0.15) is 18.4 Å². The van der Waals surface area contributed by atoms with Crippen molar-refractivity contribution in [3.63, 3.8) is 0 Å².